The van der Waals surface area contributed by atoms with Crippen LogP contribution < -0.4 is 9.47 Å². The van der Waals surface area contributed by atoms with Crippen LogP contribution in [-0.2, 0) is 16.0 Å². The smallest absolute Gasteiger partial charge is 0.242 e. The summed E-state index contributed by atoms with van der Waals surface area (Å²) in [5.74, 6) is 1.28. The molecular weight excluding hydrogens is 400 g/mol. The maximum atomic E-state index is 13.2. The first-order valence-corrected chi connectivity index (χ1v) is 11.0. The lowest BCUT2D eigenvalue weighted by atomic mass is 10.0. The standard InChI is InChI=1S/C23H28N2O4S/c1-4-11-24(22(26)5-2)15-23(27)25-12-9-21-19(10-13-30-21)20(25)16-29-18-8-6-7-17(14-18)28-3/h4,6-8,10,13-14,20H,1,5,9,11-12,15-16H2,2-3H3/t20-/m0/s1. The van der Waals surface area contributed by atoms with Gasteiger partial charge in [0.1, 0.15) is 24.7 Å². The predicted octanol–water partition coefficient (Wildman–Crippen LogP) is 3.69. The number of carbonyl (C=O) groups is 2. The molecule has 3 rings (SSSR count). The highest BCUT2D eigenvalue weighted by Crippen LogP contribution is 2.34. The van der Waals surface area contributed by atoms with E-state index in [-0.39, 0.29) is 24.4 Å². The monoisotopic (exact) mass is 428 g/mol. The minimum Gasteiger partial charge on any atom is -0.497 e. The summed E-state index contributed by atoms with van der Waals surface area (Å²) in [7, 11) is 1.62. The molecular formula is C23H28N2O4S. The summed E-state index contributed by atoms with van der Waals surface area (Å²) in [6.07, 6.45) is 2.83. The van der Waals surface area contributed by atoms with E-state index in [9.17, 15) is 9.59 Å². The third kappa shape index (κ3) is 5.02. The van der Waals surface area contributed by atoms with E-state index < -0.39 is 0 Å². The summed E-state index contributed by atoms with van der Waals surface area (Å²) < 4.78 is 11.3. The molecule has 30 heavy (non-hydrogen) atoms. The minimum absolute atomic E-state index is 0.0494. The van der Waals surface area contributed by atoms with Crippen molar-refractivity contribution in [2.45, 2.75) is 25.8 Å². The summed E-state index contributed by atoms with van der Waals surface area (Å²) in [6.45, 7) is 6.86. The average Bonchev–Trinajstić information content (AvgIpc) is 3.25. The maximum absolute atomic E-state index is 13.2. The number of thiophene rings is 1. The number of rotatable bonds is 9. The van der Waals surface area contributed by atoms with Gasteiger partial charge in [-0.15, -0.1) is 17.9 Å². The lowest BCUT2D eigenvalue weighted by Crippen LogP contribution is -2.47. The number of methoxy groups -OCH3 is 1. The second-order valence-corrected chi connectivity index (χ2v) is 8.06. The van der Waals surface area contributed by atoms with E-state index in [0.717, 1.165) is 17.7 Å². The van der Waals surface area contributed by atoms with Crippen LogP contribution in [0.2, 0.25) is 0 Å². The lowest BCUT2D eigenvalue weighted by molar-refractivity contribution is -0.142. The number of hydrogen-bond donors (Lipinski definition) is 0. The molecule has 6 nitrogen and oxygen atoms in total. The van der Waals surface area contributed by atoms with Gasteiger partial charge in [-0.25, -0.2) is 0 Å². The molecule has 1 aliphatic heterocycles. The van der Waals surface area contributed by atoms with E-state index in [0.29, 0.717) is 31.9 Å². The number of hydrogen-bond acceptors (Lipinski definition) is 5. The Labute approximate surface area is 181 Å². The second-order valence-electron chi connectivity index (χ2n) is 7.06. The van der Waals surface area contributed by atoms with Gasteiger partial charge in [0.05, 0.1) is 13.2 Å². The van der Waals surface area contributed by atoms with Crippen LogP contribution in [-0.4, -0.2) is 55.0 Å². The second kappa shape index (κ2) is 10.3. The molecule has 0 spiro atoms. The fourth-order valence-corrected chi connectivity index (χ4v) is 4.56. The van der Waals surface area contributed by atoms with Gasteiger partial charge in [-0.3, -0.25) is 9.59 Å². The fraction of sp³-hybridized carbons (Fsp3) is 0.391. The first-order chi connectivity index (χ1) is 14.6. The van der Waals surface area contributed by atoms with Gasteiger partial charge in [0, 0.05) is 30.5 Å². The number of benzene rings is 1. The van der Waals surface area contributed by atoms with E-state index in [1.165, 1.54) is 4.88 Å². The molecule has 0 fully saturated rings. The molecule has 1 aromatic carbocycles. The number of fused-ring (bicyclic) bond motifs is 1. The molecule has 2 heterocycles. The normalized spacial score (nSPS) is 15.3. The number of amides is 2. The van der Waals surface area contributed by atoms with E-state index in [1.807, 2.05) is 29.2 Å². The Morgan fingerprint density at radius 1 is 1.33 bits per heavy atom. The van der Waals surface area contributed by atoms with Crippen LogP contribution in [0.1, 0.15) is 29.8 Å². The molecule has 1 atom stereocenters. The summed E-state index contributed by atoms with van der Waals surface area (Å²) in [4.78, 5) is 30.1. The van der Waals surface area contributed by atoms with Gasteiger partial charge in [0.25, 0.3) is 0 Å². The van der Waals surface area contributed by atoms with Gasteiger partial charge in [-0.2, -0.15) is 0 Å². The molecule has 0 unspecified atom stereocenters. The molecule has 0 radical (unpaired) electrons. The lowest BCUT2D eigenvalue weighted by Gasteiger charge is -2.37. The zero-order valence-corrected chi connectivity index (χ0v) is 18.3. The van der Waals surface area contributed by atoms with Gasteiger partial charge in [0.2, 0.25) is 11.8 Å². The van der Waals surface area contributed by atoms with E-state index in [4.69, 9.17) is 9.47 Å². The number of carbonyl (C=O) groups excluding carboxylic acids is 2. The van der Waals surface area contributed by atoms with Crippen molar-refractivity contribution in [1.29, 1.82) is 0 Å². The zero-order chi connectivity index (χ0) is 21.5. The van der Waals surface area contributed by atoms with Crippen LogP contribution in [0.4, 0.5) is 0 Å². The Morgan fingerprint density at radius 2 is 2.13 bits per heavy atom. The Morgan fingerprint density at radius 3 is 2.87 bits per heavy atom. The molecule has 0 N–H and O–H groups in total. The van der Waals surface area contributed by atoms with Crippen molar-refractivity contribution in [2.75, 3.05) is 33.4 Å². The highest BCUT2D eigenvalue weighted by molar-refractivity contribution is 7.10. The Bertz CT molecular complexity index is 895. The van der Waals surface area contributed by atoms with Crippen LogP contribution in [0.15, 0.2) is 48.4 Å². The molecule has 160 valence electrons. The quantitative estimate of drug-likeness (QED) is 0.572. The highest BCUT2D eigenvalue weighted by atomic mass is 32.1. The van der Waals surface area contributed by atoms with E-state index in [1.54, 1.807) is 36.3 Å². The number of nitrogens with zero attached hydrogens (tertiary/aromatic N) is 2. The largest absolute Gasteiger partial charge is 0.497 e. The maximum Gasteiger partial charge on any atom is 0.242 e. The fourth-order valence-electron chi connectivity index (χ4n) is 3.63. The molecule has 7 heteroatoms. The van der Waals surface area contributed by atoms with Gasteiger partial charge < -0.3 is 19.3 Å². The predicted molar refractivity (Wildman–Crippen MR) is 118 cm³/mol. The molecule has 0 saturated heterocycles. The third-order valence-electron chi connectivity index (χ3n) is 5.20. The third-order valence-corrected chi connectivity index (χ3v) is 6.19. The van der Waals surface area contributed by atoms with Crippen LogP contribution in [0.25, 0.3) is 0 Å². The van der Waals surface area contributed by atoms with Crippen molar-refractivity contribution in [2.24, 2.45) is 0 Å². The minimum atomic E-state index is -0.194. The first-order valence-electron chi connectivity index (χ1n) is 10.1. The SMILES string of the molecule is C=CCN(CC(=O)N1CCc2sccc2[C@@H]1COc1cccc(OC)c1)C(=O)CC. The van der Waals surface area contributed by atoms with Crippen LogP contribution in [0.5, 0.6) is 11.5 Å². The summed E-state index contributed by atoms with van der Waals surface area (Å²) in [5, 5.41) is 2.06. The van der Waals surface area contributed by atoms with Crippen molar-refractivity contribution >= 4 is 23.2 Å². The molecule has 0 bridgehead atoms. The zero-order valence-electron chi connectivity index (χ0n) is 17.5. The first kappa shape index (κ1) is 21.9. The Balaban J connectivity index is 1.77. The molecule has 2 aromatic rings. The molecule has 0 aliphatic carbocycles. The molecule has 1 aliphatic rings. The topological polar surface area (TPSA) is 59.1 Å². The Hall–Kier alpha value is -2.80. The Kier molecular flexibility index (Phi) is 7.52. The molecule has 2 amide bonds. The van der Waals surface area contributed by atoms with Gasteiger partial charge in [-0.1, -0.05) is 19.1 Å². The highest BCUT2D eigenvalue weighted by Gasteiger charge is 2.33. The molecule has 0 saturated carbocycles. The van der Waals surface area contributed by atoms with Gasteiger partial charge in [0.15, 0.2) is 0 Å². The van der Waals surface area contributed by atoms with Crippen molar-refractivity contribution in [3.8, 4) is 11.5 Å². The van der Waals surface area contributed by atoms with Crippen molar-refractivity contribution in [1.82, 2.24) is 9.80 Å². The average molecular weight is 429 g/mol. The summed E-state index contributed by atoms with van der Waals surface area (Å²) >= 11 is 1.71. The summed E-state index contributed by atoms with van der Waals surface area (Å²) in [6, 6.07) is 9.31. The van der Waals surface area contributed by atoms with Crippen LogP contribution in [0, 0.1) is 0 Å². The number of ether oxygens (including phenoxy) is 2. The molecule has 1 aromatic heterocycles. The van der Waals surface area contributed by atoms with Gasteiger partial charge in [-0.05, 0) is 35.6 Å². The van der Waals surface area contributed by atoms with E-state index in [2.05, 4.69) is 18.0 Å². The van der Waals surface area contributed by atoms with Crippen molar-refractivity contribution in [3.05, 3.63) is 58.8 Å². The van der Waals surface area contributed by atoms with Gasteiger partial charge >= 0.3 is 0 Å². The van der Waals surface area contributed by atoms with Crippen LogP contribution in [0.3, 0.4) is 0 Å². The van der Waals surface area contributed by atoms with Crippen molar-refractivity contribution in [3.63, 3.8) is 0 Å². The summed E-state index contributed by atoms with van der Waals surface area (Å²) in [5.41, 5.74) is 1.12. The van der Waals surface area contributed by atoms with Crippen LogP contribution >= 0.6 is 11.3 Å². The van der Waals surface area contributed by atoms with E-state index >= 15 is 0 Å². The van der Waals surface area contributed by atoms with Crippen molar-refractivity contribution < 1.29 is 19.1 Å².